The number of likely N-dealkylation sites (tertiary alicyclic amines) is 1. The van der Waals surface area contributed by atoms with E-state index < -0.39 is 12.1 Å². The minimum absolute atomic E-state index is 0.00424. The SMILES string of the molecule is Cc1cc(CN2CCC3OCCCC3(COCC(=O)N(C)C)C2)no1.O=C(O)C(F)(F)F. The highest BCUT2D eigenvalue weighted by molar-refractivity contribution is 5.76. The van der Waals surface area contributed by atoms with Crippen LogP contribution in [0.4, 0.5) is 13.2 Å². The van der Waals surface area contributed by atoms with Crippen molar-refractivity contribution >= 4 is 11.9 Å². The van der Waals surface area contributed by atoms with Gasteiger partial charge in [-0.3, -0.25) is 9.69 Å². The molecule has 0 aromatic carbocycles. The zero-order chi connectivity index (χ0) is 23.9. The Bertz CT molecular complexity index is 770. The third kappa shape index (κ3) is 7.45. The molecule has 0 saturated carbocycles. The number of aliphatic carboxylic acids is 1. The van der Waals surface area contributed by atoms with Crippen LogP contribution in [0.2, 0.25) is 0 Å². The molecule has 0 radical (unpaired) electrons. The summed E-state index contributed by atoms with van der Waals surface area (Å²) in [7, 11) is 3.50. The molecule has 1 aromatic heterocycles. The van der Waals surface area contributed by atoms with Crippen molar-refractivity contribution in [3.8, 4) is 0 Å². The topological polar surface area (TPSA) is 105 Å². The van der Waals surface area contributed by atoms with Gasteiger partial charge in [0.2, 0.25) is 5.91 Å². The lowest BCUT2D eigenvalue weighted by Crippen LogP contribution is -2.56. The van der Waals surface area contributed by atoms with Crippen LogP contribution in [-0.2, 0) is 25.6 Å². The van der Waals surface area contributed by atoms with Crippen LogP contribution in [0, 0.1) is 12.3 Å². The predicted molar refractivity (Wildman–Crippen MR) is 106 cm³/mol. The first-order valence-corrected chi connectivity index (χ1v) is 10.3. The average molecular weight is 465 g/mol. The number of carboxylic acid groups (broad SMARTS) is 1. The van der Waals surface area contributed by atoms with E-state index in [2.05, 4.69) is 10.1 Å². The van der Waals surface area contributed by atoms with E-state index >= 15 is 0 Å². The average Bonchev–Trinajstić information content (AvgIpc) is 3.11. The number of alkyl halides is 3. The van der Waals surface area contributed by atoms with Gasteiger partial charge in [-0.25, -0.2) is 4.79 Å². The summed E-state index contributed by atoms with van der Waals surface area (Å²) in [5.74, 6) is -1.92. The second-order valence-corrected chi connectivity index (χ2v) is 8.34. The second kappa shape index (κ2) is 11.1. The molecule has 0 spiro atoms. The summed E-state index contributed by atoms with van der Waals surface area (Å²) in [5, 5.41) is 11.2. The third-order valence-electron chi connectivity index (χ3n) is 5.49. The van der Waals surface area contributed by atoms with E-state index in [0.29, 0.717) is 6.61 Å². The molecule has 9 nitrogen and oxygen atoms in total. The number of aryl methyl sites for hydroxylation is 1. The molecule has 182 valence electrons. The first-order valence-electron chi connectivity index (χ1n) is 10.3. The molecule has 2 aliphatic heterocycles. The number of rotatable bonds is 6. The van der Waals surface area contributed by atoms with E-state index in [1.807, 2.05) is 13.0 Å². The Balaban J connectivity index is 0.000000451. The molecule has 2 aliphatic rings. The van der Waals surface area contributed by atoms with Crippen LogP contribution in [-0.4, -0.2) is 91.2 Å². The molecule has 3 heterocycles. The maximum absolute atomic E-state index is 11.8. The number of likely N-dealkylation sites (N-methyl/N-ethyl adjacent to an activating group) is 1. The monoisotopic (exact) mass is 465 g/mol. The zero-order valence-electron chi connectivity index (χ0n) is 18.5. The van der Waals surface area contributed by atoms with Gasteiger partial charge < -0.3 is 24.0 Å². The summed E-state index contributed by atoms with van der Waals surface area (Å²) >= 11 is 0. The molecule has 0 aliphatic carbocycles. The Kier molecular flexibility index (Phi) is 9.05. The molecule has 2 atom stereocenters. The van der Waals surface area contributed by atoms with Crippen molar-refractivity contribution in [1.29, 1.82) is 0 Å². The van der Waals surface area contributed by atoms with Crippen molar-refractivity contribution in [2.45, 2.75) is 45.0 Å². The number of amides is 1. The zero-order valence-corrected chi connectivity index (χ0v) is 18.5. The van der Waals surface area contributed by atoms with Gasteiger partial charge in [-0.2, -0.15) is 13.2 Å². The van der Waals surface area contributed by atoms with Crippen molar-refractivity contribution in [3.63, 3.8) is 0 Å². The van der Waals surface area contributed by atoms with Crippen molar-refractivity contribution in [2.24, 2.45) is 5.41 Å². The molecule has 12 heteroatoms. The number of piperidine rings is 1. The van der Waals surface area contributed by atoms with Gasteiger partial charge in [0.05, 0.1) is 18.4 Å². The maximum Gasteiger partial charge on any atom is 0.490 e. The molecular weight excluding hydrogens is 435 g/mol. The Labute approximate surface area is 184 Å². The number of carbonyl (C=O) groups excluding carboxylic acids is 1. The van der Waals surface area contributed by atoms with Crippen LogP contribution in [0.25, 0.3) is 0 Å². The lowest BCUT2D eigenvalue weighted by molar-refractivity contribution is -0.192. The molecule has 0 bridgehead atoms. The van der Waals surface area contributed by atoms with E-state index in [1.165, 1.54) is 0 Å². The third-order valence-corrected chi connectivity index (χ3v) is 5.49. The van der Waals surface area contributed by atoms with Gasteiger partial charge in [0.1, 0.15) is 12.4 Å². The highest BCUT2D eigenvalue weighted by atomic mass is 19.4. The smallest absolute Gasteiger partial charge is 0.475 e. The number of carbonyl (C=O) groups is 2. The molecule has 3 rings (SSSR count). The van der Waals surface area contributed by atoms with Gasteiger partial charge in [-0.05, 0) is 26.2 Å². The number of nitrogens with zero attached hydrogens (tertiary/aromatic N) is 3. The predicted octanol–water partition coefficient (Wildman–Crippen LogP) is 2.09. The van der Waals surface area contributed by atoms with Gasteiger partial charge in [0.25, 0.3) is 0 Å². The first-order chi connectivity index (χ1) is 14.9. The van der Waals surface area contributed by atoms with Gasteiger partial charge in [-0.1, -0.05) is 5.16 Å². The first kappa shape index (κ1) is 26.1. The number of fused-ring (bicyclic) bond motifs is 1. The summed E-state index contributed by atoms with van der Waals surface area (Å²) in [6.45, 7) is 6.09. The van der Waals surface area contributed by atoms with E-state index in [9.17, 15) is 18.0 Å². The quantitative estimate of drug-likeness (QED) is 0.681. The van der Waals surface area contributed by atoms with E-state index in [1.54, 1.807) is 19.0 Å². The maximum atomic E-state index is 11.8. The fourth-order valence-electron chi connectivity index (χ4n) is 3.92. The minimum atomic E-state index is -5.08. The van der Waals surface area contributed by atoms with E-state index in [4.69, 9.17) is 23.9 Å². The standard InChI is InChI=1S/C18H29N3O4.C2HF3O2/c1-14-9-15(19-25-14)10-21-7-5-16-18(12-21,6-4-8-24-16)13-23-11-17(22)20(2)3;3-2(4,5)1(6)7/h9,16H,4-8,10-13H2,1-3H3;(H,6,7). The molecule has 2 fully saturated rings. The van der Waals surface area contributed by atoms with E-state index in [0.717, 1.165) is 57.0 Å². The Morgan fingerprint density at radius 3 is 2.66 bits per heavy atom. The largest absolute Gasteiger partial charge is 0.490 e. The van der Waals surface area contributed by atoms with Gasteiger partial charge in [0, 0.05) is 51.8 Å². The lowest BCUT2D eigenvalue weighted by atomic mass is 9.73. The fraction of sp³-hybridized carbons (Fsp3) is 0.750. The molecule has 1 amide bonds. The number of hydrogen-bond acceptors (Lipinski definition) is 7. The summed E-state index contributed by atoms with van der Waals surface area (Å²) in [5.41, 5.74) is 0.925. The van der Waals surface area contributed by atoms with Crippen LogP contribution in [0.5, 0.6) is 0 Å². The molecule has 2 saturated heterocycles. The normalized spacial score (nSPS) is 23.6. The Morgan fingerprint density at radius 2 is 2.09 bits per heavy atom. The summed E-state index contributed by atoms with van der Waals surface area (Å²) in [6, 6.07) is 1.99. The Hall–Kier alpha value is -2.18. The number of halogens is 3. The number of carboxylic acids is 1. The van der Waals surface area contributed by atoms with Gasteiger partial charge >= 0.3 is 12.1 Å². The van der Waals surface area contributed by atoms with Gasteiger partial charge in [-0.15, -0.1) is 0 Å². The van der Waals surface area contributed by atoms with Crippen molar-refractivity contribution < 1.29 is 41.9 Å². The Morgan fingerprint density at radius 1 is 1.41 bits per heavy atom. The molecule has 2 unspecified atom stereocenters. The second-order valence-electron chi connectivity index (χ2n) is 8.34. The molecular formula is C20H30F3N3O6. The van der Waals surface area contributed by atoms with Crippen molar-refractivity contribution in [1.82, 2.24) is 15.0 Å². The van der Waals surface area contributed by atoms with Crippen LogP contribution >= 0.6 is 0 Å². The van der Waals surface area contributed by atoms with Crippen LogP contribution in [0.3, 0.4) is 0 Å². The fourth-order valence-corrected chi connectivity index (χ4v) is 3.92. The molecule has 1 N–H and O–H groups in total. The number of aromatic nitrogens is 1. The van der Waals surface area contributed by atoms with Crippen LogP contribution in [0.15, 0.2) is 10.6 Å². The van der Waals surface area contributed by atoms with Crippen molar-refractivity contribution in [2.75, 3.05) is 47.0 Å². The minimum Gasteiger partial charge on any atom is -0.475 e. The van der Waals surface area contributed by atoms with Crippen LogP contribution < -0.4 is 0 Å². The molecule has 1 aromatic rings. The van der Waals surface area contributed by atoms with Gasteiger partial charge in [0.15, 0.2) is 0 Å². The number of hydrogen-bond donors (Lipinski definition) is 1. The lowest BCUT2D eigenvalue weighted by Gasteiger charge is -2.50. The van der Waals surface area contributed by atoms with Crippen molar-refractivity contribution in [3.05, 3.63) is 17.5 Å². The molecule has 32 heavy (non-hydrogen) atoms. The summed E-state index contributed by atoms with van der Waals surface area (Å²) in [6.07, 6.45) is -1.77. The highest BCUT2D eigenvalue weighted by Crippen LogP contribution is 2.40. The summed E-state index contributed by atoms with van der Waals surface area (Å²) in [4.78, 5) is 24.7. The van der Waals surface area contributed by atoms with Crippen LogP contribution in [0.1, 0.15) is 30.7 Å². The highest BCUT2D eigenvalue weighted by Gasteiger charge is 2.46. The van der Waals surface area contributed by atoms with E-state index in [-0.39, 0.29) is 24.0 Å². The summed E-state index contributed by atoms with van der Waals surface area (Å²) < 4.78 is 48.8. The number of ether oxygens (including phenoxy) is 2.